The first-order valence-corrected chi connectivity index (χ1v) is 11.4. The molecule has 0 aliphatic rings. The largest absolute Gasteiger partial charge is 0.429 e. The van der Waals surface area contributed by atoms with Crippen molar-refractivity contribution >= 4 is 46.5 Å². The number of hydrogen-bond donors (Lipinski definition) is 0. The van der Waals surface area contributed by atoms with Crippen molar-refractivity contribution < 1.29 is 19.1 Å². The van der Waals surface area contributed by atoms with E-state index in [-0.39, 0.29) is 5.75 Å². The van der Waals surface area contributed by atoms with Crippen LogP contribution in [0.25, 0.3) is 45.0 Å². The number of aromatic nitrogens is 3. The van der Waals surface area contributed by atoms with Crippen molar-refractivity contribution in [3.63, 3.8) is 0 Å². The first-order chi connectivity index (χ1) is 17.2. The molecule has 0 fully saturated rings. The Morgan fingerprint density at radius 2 is 1.37 bits per heavy atom. The average molecular weight is 480 g/mol. The molecule has 35 heavy (non-hydrogen) atoms. The van der Waals surface area contributed by atoms with Gasteiger partial charge in [0.25, 0.3) is 12.9 Å². The van der Waals surface area contributed by atoms with Crippen LogP contribution in [0.4, 0.5) is 0 Å². The zero-order valence-corrected chi connectivity index (χ0v) is 19.0. The van der Waals surface area contributed by atoms with Gasteiger partial charge in [0, 0.05) is 40.2 Å². The summed E-state index contributed by atoms with van der Waals surface area (Å²) in [7, 11) is 0. The van der Waals surface area contributed by atoms with E-state index < -0.39 is 0 Å². The van der Waals surface area contributed by atoms with Gasteiger partial charge in [-0.15, -0.1) is 11.3 Å². The van der Waals surface area contributed by atoms with Gasteiger partial charge in [-0.1, -0.05) is 24.3 Å². The molecular weight excluding hydrogens is 462 g/mol. The lowest BCUT2D eigenvalue weighted by Gasteiger charge is -2.08. The molecule has 0 aliphatic carbocycles. The van der Waals surface area contributed by atoms with Gasteiger partial charge in [0.2, 0.25) is 0 Å². The number of hydrogen-bond acceptors (Lipinski definition) is 8. The highest BCUT2D eigenvalue weighted by Gasteiger charge is 2.11. The van der Waals surface area contributed by atoms with Crippen LogP contribution >= 0.6 is 11.3 Å². The van der Waals surface area contributed by atoms with Gasteiger partial charge < -0.3 is 9.47 Å². The van der Waals surface area contributed by atoms with Crippen LogP contribution in [0.3, 0.4) is 0 Å². The van der Waals surface area contributed by atoms with Crippen LogP contribution in [0, 0.1) is 0 Å². The molecule has 7 nitrogen and oxygen atoms in total. The van der Waals surface area contributed by atoms with E-state index in [0.717, 1.165) is 10.4 Å². The van der Waals surface area contributed by atoms with Crippen molar-refractivity contribution in [3.05, 3.63) is 89.6 Å². The van der Waals surface area contributed by atoms with E-state index in [2.05, 4.69) is 39.2 Å². The lowest BCUT2D eigenvalue weighted by molar-refractivity contribution is -0.121. The summed E-state index contributed by atoms with van der Waals surface area (Å²) < 4.78 is 11.2. The molecule has 0 radical (unpaired) electrons. The zero-order valence-electron chi connectivity index (χ0n) is 18.2. The standard InChI is InChI=1S/C27H17N3O4S/c31-16-33-20-8-10-29-24(13-20)26-15-21(34-17-32)14-25(30-26)23-11-18(7-9-28-23)5-6-22-12-19-3-1-2-4-27(19)35-22/h1-17H/b6-5+. The van der Waals surface area contributed by atoms with E-state index in [0.29, 0.717) is 41.5 Å². The summed E-state index contributed by atoms with van der Waals surface area (Å²) >= 11 is 1.73. The maximum absolute atomic E-state index is 11.0. The van der Waals surface area contributed by atoms with Crippen molar-refractivity contribution in [3.8, 4) is 34.3 Å². The van der Waals surface area contributed by atoms with Gasteiger partial charge in [-0.25, -0.2) is 4.98 Å². The Morgan fingerprint density at radius 3 is 2.14 bits per heavy atom. The van der Waals surface area contributed by atoms with E-state index in [1.807, 2.05) is 30.3 Å². The summed E-state index contributed by atoms with van der Waals surface area (Å²) in [4.78, 5) is 36.3. The number of ether oxygens (including phenoxy) is 2. The number of thiophene rings is 1. The van der Waals surface area contributed by atoms with E-state index in [1.54, 1.807) is 41.8 Å². The van der Waals surface area contributed by atoms with Gasteiger partial charge >= 0.3 is 0 Å². The maximum atomic E-state index is 11.0. The Bertz CT molecular complexity index is 1530. The molecule has 4 aromatic heterocycles. The Balaban J connectivity index is 1.49. The Hall–Kier alpha value is -4.69. The topological polar surface area (TPSA) is 91.3 Å². The minimum Gasteiger partial charge on any atom is -0.429 e. The fourth-order valence-corrected chi connectivity index (χ4v) is 4.49. The van der Waals surface area contributed by atoms with Crippen LogP contribution in [-0.2, 0) is 9.59 Å². The van der Waals surface area contributed by atoms with Gasteiger partial charge in [0.1, 0.15) is 11.5 Å². The zero-order chi connectivity index (χ0) is 24.0. The molecule has 170 valence electrons. The van der Waals surface area contributed by atoms with Gasteiger partial charge in [0.15, 0.2) is 0 Å². The number of fused-ring (bicyclic) bond motifs is 1. The Morgan fingerprint density at radius 1 is 0.686 bits per heavy atom. The second kappa shape index (κ2) is 10.1. The number of pyridine rings is 3. The predicted octanol–water partition coefficient (Wildman–Crippen LogP) is 5.66. The third-order valence-electron chi connectivity index (χ3n) is 5.09. The van der Waals surface area contributed by atoms with Gasteiger partial charge in [-0.05, 0) is 47.4 Å². The quantitative estimate of drug-likeness (QED) is 0.265. The monoisotopic (exact) mass is 479 g/mol. The van der Waals surface area contributed by atoms with Crippen LogP contribution in [0.5, 0.6) is 11.5 Å². The summed E-state index contributed by atoms with van der Waals surface area (Å²) in [5, 5.41) is 1.22. The van der Waals surface area contributed by atoms with Crippen molar-refractivity contribution in [1.29, 1.82) is 0 Å². The molecule has 0 N–H and O–H groups in total. The molecule has 0 atom stereocenters. The Labute approximate surface area is 204 Å². The fourth-order valence-electron chi connectivity index (χ4n) is 3.53. The van der Waals surface area contributed by atoms with Crippen LogP contribution in [0.15, 0.2) is 79.1 Å². The van der Waals surface area contributed by atoms with Gasteiger partial charge in [-0.3, -0.25) is 19.6 Å². The van der Waals surface area contributed by atoms with Crippen LogP contribution in [0.1, 0.15) is 10.4 Å². The SMILES string of the molecule is O=COc1ccnc(-c2cc(OC=O)cc(-c3cc(/C=C/c4cc5ccccc5s4)ccn3)n2)c1. The van der Waals surface area contributed by atoms with E-state index in [4.69, 9.17) is 9.47 Å². The van der Waals surface area contributed by atoms with E-state index >= 15 is 0 Å². The maximum Gasteiger partial charge on any atom is 0.298 e. The molecule has 5 aromatic rings. The van der Waals surface area contributed by atoms with Crippen molar-refractivity contribution in [1.82, 2.24) is 15.0 Å². The normalized spacial score (nSPS) is 11.0. The van der Waals surface area contributed by atoms with Crippen molar-refractivity contribution in [2.45, 2.75) is 0 Å². The fraction of sp³-hybridized carbons (Fsp3) is 0. The minimum absolute atomic E-state index is 0.288. The second-order valence-electron chi connectivity index (χ2n) is 7.37. The smallest absolute Gasteiger partial charge is 0.298 e. The molecule has 0 unspecified atom stereocenters. The number of rotatable bonds is 8. The molecule has 0 saturated carbocycles. The minimum atomic E-state index is 0.288. The number of carbonyl (C=O) groups excluding carboxylic acids is 2. The Kier molecular flexibility index (Phi) is 6.36. The lowest BCUT2D eigenvalue weighted by atomic mass is 10.1. The second-order valence-corrected chi connectivity index (χ2v) is 8.49. The molecule has 1 aromatic carbocycles. The molecule has 0 spiro atoms. The summed E-state index contributed by atoms with van der Waals surface area (Å²) in [6, 6.07) is 20.6. The van der Waals surface area contributed by atoms with E-state index in [9.17, 15) is 9.59 Å². The van der Waals surface area contributed by atoms with Crippen molar-refractivity contribution in [2.24, 2.45) is 0 Å². The molecule has 0 aliphatic heterocycles. The van der Waals surface area contributed by atoms with Crippen molar-refractivity contribution in [2.75, 3.05) is 0 Å². The summed E-state index contributed by atoms with van der Waals surface area (Å²) in [6.45, 7) is 0.686. The predicted molar refractivity (Wildman–Crippen MR) is 135 cm³/mol. The first-order valence-electron chi connectivity index (χ1n) is 10.5. The third-order valence-corrected chi connectivity index (χ3v) is 6.17. The highest BCUT2D eigenvalue weighted by Crippen LogP contribution is 2.29. The van der Waals surface area contributed by atoms with Gasteiger partial charge in [-0.2, -0.15) is 0 Å². The summed E-state index contributed by atoms with van der Waals surface area (Å²) in [6.07, 6.45) is 7.28. The van der Waals surface area contributed by atoms with Crippen LogP contribution < -0.4 is 9.47 Å². The molecule has 0 saturated heterocycles. The highest BCUT2D eigenvalue weighted by atomic mass is 32.1. The average Bonchev–Trinajstić information content (AvgIpc) is 3.31. The van der Waals surface area contributed by atoms with Gasteiger partial charge in [0.05, 0.1) is 22.8 Å². The third kappa shape index (κ3) is 5.13. The van der Waals surface area contributed by atoms with E-state index in [1.165, 1.54) is 16.3 Å². The lowest BCUT2D eigenvalue weighted by Crippen LogP contribution is -1.97. The molecule has 8 heteroatoms. The number of carbonyl (C=O) groups is 2. The molecule has 0 bridgehead atoms. The number of benzene rings is 1. The summed E-state index contributed by atoms with van der Waals surface area (Å²) in [5.74, 6) is 0.609. The number of nitrogens with zero attached hydrogens (tertiary/aromatic N) is 3. The molecular formula is C27H17N3O4S. The molecule has 0 amide bonds. The highest BCUT2D eigenvalue weighted by molar-refractivity contribution is 7.19. The molecule has 4 heterocycles. The first kappa shape index (κ1) is 22.1. The van der Waals surface area contributed by atoms with Crippen LogP contribution in [0.2, 0.25) is 0 Å². The van der Waals surface area contributed by atoms with Crippen LogP contribution in [-0.4, -0.2) is 27.9 Å². The summed E-state index contributed by atoms with van der Waals surface area (Å²) in [5.41, 5.74) is 2.92. The molecule has 5 rings (SSSR count).